The van der Waals surface area contributed by atoms with Crippen LogP contribution in [0.4, 0.5) is 4.79 Å². The average molecular weight is 272 g/mol. The molecule has 0 spiro atoms. The fourth-order valence-electron chi connectivity index (χ4n) is 1.80. The van der Waals surface area contributed by atoms with Gasteiger partial charge in [-0.1, -0.05) is 0 Å². The van der Waals surface area contributed by atoms with Crippen molar-refractivity contribution < 1.29 is 24.2 Å². The zero-order valence-electron chi connectivity index (χ0n) is 11.7. The molecule has 1 saturated heterocycles. The van der Waals surface area contributed by atoms with Crippen molar-refractivity contribution >= 4 is 18.0 Å². The molecule has 1 aliphatic rings. The van der Waals surface area contributed by atoms with E-state index < -0.39 is 17.7 Å². The molecule has 0 radical (unpaired) electrons. The monoisotopic (exact) mass is 272 g/mol. The molecule has 1 aliphatic heterocycles. The number of hydrogen-bond acceptors (Lipinski definition) is 4. The number of carbonyl (C=O) groups excluding carboxylic acids is 2. The molecule has 1 fully saturated rings. The summed E-state index contributed by atoms with van der Waals surface area (Å²) in [5, 5.41) is 8.70. The maximum Gasteiger partial charge on any atom is 0.411 e. The van der Waals surface area contributed by atoms with E-state index in [0.717, 1.165) is 0 Å². The van der Waals surface area contributed by atoms with Crippen LogP contribution in [-0.2, 0) is 14.3 Å². The van der Waals surface area contributed by atoms with Crippen LogP contribution in [0, 0.1) is 0 Å². The van der Waals surface area contributed by atoms with Gasteiger partial charge in [0, 0.05) is 6.54 Å². The van der Waals surface area contributed by atoms with Gasteiger partial charge in [-0.25, -0.2) is 4.79 Å². The molecule has 0 saturated carbocycles. The molecule has 1 heterocycles. The first kappa shape index (κ1) is 15.3. The first-order chi connectivity index (χ1) is 8.60. The highest BCUT2D eigenvalue weighted by molar-refractivity contribution is 5.86. The summed E-state index contributed by atoms with van der Waals surface area (Å²) in [7, 11) is 0. The molecule has 2 amide bonds. The van der Waals surface area contributed by atoms with E-state index in [9.17, 15) is 14.4 Å². The Morgan fingerprint density at radius 3 is 2.47 bits per heavy atom. The zero-order valence-corrected chi connectivity index (χ0v) is 11.7. The Labute approximate surface area is 112 Å². The molecule has 7 heteroatoms. The van der Waals surface area contributed by atoms with Crippen LogP contribution in [0.25, 0.3) is 0 Å². The molecule has 7 nitrogen and oxygen atoms in total. The topological polar surface area (TPSA) is 87.2 Å². The molecule has 19 heavy (non-hydrogen) atoms. The van der Waals surface area contributed by atoms with Gasteiger partial charge >= 0.3 is 12.1 Å². The van der Waals surface area contributed by atoms with Crippen molar-refractivity contribution in [3.8, 4) is 0 Å². The number of carboxylic acid groups (broad SMARTS) is 1. The van der Waals surface area contributed by atoms with Gasteiger partial charge in [-0.3, -0.25) is 14.5 Å². The number of rotatable bonds is 2. The molecule has 108 valence electrons. The number of hydrogen-bond donors (Lipinski definition) is 1. The Balaban J connectivity index is 2.68. The number of carboxylic acids is 1. The maximum absolute atomic E-state index is 11.9. The Morgan fingerprint density at radius 2 is 2.00 bits per heavy atom. The summed E-state index contributed by atoms with van der Waals surface area (Å²) in [6, 6.07) is -0.271. The van der Waals surface area contributed by atoms with E-state index in [4.69, 9.17) is 9.84 Å². The van der Waals surface area contributed by atoms with Crippen LogP contribution < -0.4 is 0 Å². The van der Waals surface area contributed by atoms with E-state index in [2.05, 4.69) is 0 Å². The normalized spacial score (nSPS) is 20.4. The van der Waals surface area contributed by atoms with Gasteiger partial charge in [0.2, 0.25) is 5.91 Å². The smallest absolute Gasteiger partial charge is 0.411 e. The highest BCUT2D eigenvalue weighted by Gasteiger charge is 2.35. The molecule has 1 atom stereocenters. The van der Waals surface area contributed by atoms with Crippen LogP contribution in [-0.4, -0.2) is 64.2 Å². The van der Waals surface area contributed by atoms with Crippen molar-refractivity contribution in [1.82, 2.24) is 9.80 Å². The van der Waals surface area contributed by atoms with E-state index in [1.54, 1.807) is 27.7 Å². The minimum atomic E-state index is -1.06. The second-order valence-electron chi connectivity index (χ2n) is 5.63. The number of nitrogens with zero attached hydrogens (tertiary/aromatic N) is 2. The van der Waals surface area contributed by atoms with Crippen molar-refractivity contribution in [2.24, 2.45) is 0 Å². The zero-order chi connectivity index (χ0) is 14.8. The van der Waals surface area contributed by atoms with Crippen LogP contribution in [0.2, 0.25) is 0 Å². The fourth-order valence-corrected chi connectivity index (χ4v) is 1.80. The average Bonchev–Trinajstić information content (AvgIpc) is 2.19. The van der Waals surface area contributed by atoms with Gasteiger partial charge in [0.15, 0.2) is 0 Å². The fraction of sp³-hybridized carbons (Fsp3) is 0.750. The van der Waals surface area contributed by atoms with Crippen molar-refractivity contribution in [3.05, 3.63) is 0 Å². The minimum Gasteiger partial charge on any atom is -0.480 e. The largest absolute Gasteiger partial charge is 0.480 e. The van der Waals surface area contributed by atoms with Crippen LogP contribution in [0.15, 0.2) is 0 Å². The molecule has 1 rings (SSSR count). The van der Waals surface area contributed by atoms with E-state index in [1.807, 2.05) is 0 Å². The number of amides is 2. The van der Waals surface area contributed by atoms with Crippen molar-refractivity contribution in [3.63, 3.8) is 0 Å². The van der Waals surface area contributed by atoms with Gasteiger partial charge in [-0.15, -0.1) is 0 Å². The standard InChI is InChI=1S/C12H20N2O5/c1-8-5-13(7-10(16)17)9(15)6-14(8)11(18)19-12(2,3)4/h8H,5-7H2,1-4H3,(H,16,17). The molecule has 0 aromatic rings. The predicted molar refractivity (Wildman–Crippen MR) is 66.6 cm³/mol. The number of aliphatic carboxylic acids is 1. The van der Waals surface area contributed by atoms with Crippen molar-refractivity contribution in [1.29, 1.82) is 0 Å². The highest BCUT2D eigenvalue weighted by atomic mass is 16.6. The molecule has 1 unspecified atom stereocenters. The first-order valence-electron chi connectivity index (χ1n) is 6.09. The third kappa shape index (κ3) is 4.42. The summed E-state index contributed by atoms with van der Waals surface area (Å²) < 4.78 is 5.21. The summed E-state index contributed by atoms with van der Waals surface area (Å²) in [6.45, 7) is 6.71. The first-order valence-corrected chi connectivity index (χ1v) is 6.09. The summed E-state index contributed by atoms with van der Waals surface area (Å²) in [5.74, 6) is -1.45. The van der Waals surface area contributed by atoms with Crippen LogP contribution in [0.1, 0.15) is 27.7 Å². The second-order valence-corrected chi connectivity index (χ2v) is 5.63. The lowest BCUT2D eigenvalue weighted by atomic mass is 10.2. The lowest BCUT2D eigenvalue weighted by molar-refractivity contribution is -0.148. The van der Waals surface area contributed by atoms with Gasteiger partial charge < -0.3 is 14.7 Å². The Morgan fingerprint density at radius 1 is 1.42 bits per heavy atom. The van der Waals surface area contributed by atoms with Crippen LogP contribution in [0.3, 0.4) is 0 Å². The van der Waals surface area contributed by atoms with E-state index in [0.29, 0.717) is 0 Å². The van der Waals surface area contributed by atoms with Crippen LogP contribution >= 0.6 is 0 Å². The van der Waals surface area contributed by atoms with E-state index in [-0.39, 0.29) is 31.6 Å². The predicted octanol–water partition coefficient (Wildman–Crippen LogP) is 0.539. The van der Waals surface area contributed by atoms with Crippen molar-refractivity contribution in [2.75, 3.05) is 19.6 Å². The summed E-state index contributed by atoms with van der Waals surface area (Å²) >= 11 is 0. The minimum absolute atomic E-state index is 0.149. The van der Waals surface area contributed by atoms with Gasteiger partial charge in [-0.2, -0.15) is 0 Å². The van der Waals surface area contributed by atoms with E-state index >= 15 is 0 Å². The number of ether oxygens (including phenoxy) is 1. The second kappa shape index (κ2) is 5.46. The molecule has 0 bridgehead atoms. The molecular formula is C12H20N2O5. The molecule has 1 N–H and O–H groups in total. The quantitative estimate of drug-likeness (QED) is 0.792. The van der Waals surface area contributed by atoms with E-state index in [1.165, 1.54) is 9.80 Å². The Bertz CT molecular complexity index is 388. The third-order valence-corrected chi connectivity index (χ3v) is 2.63. The third-order valence-electron chi connectivity index (χ3n) is 2.63. The Hall–Kier alpha value is -1.79. The maximum atomic E-state index is 11.9. The highest BCUT2D eigenvalue weighted by Crippen LogP contribution is 2.16. The van der Waals surface area contributed by atoms with Crippen molar-refractivity contribution in [2.45, 2.75) is 39.3 Å². The number of carbonyl (C=O) groups is 3. The van der Waals surface area contributed by atoms with Gasteiger partial charge in [0.05, 0.1) is 6.04 Å². The van der Waals surface area contributed by atoms with Crippen LogP contribution in [0.5, 0.6) is 0 Å². The summed E-state index contributed by atoms with van der Waals surface area (Å²) in [4.78, 5) is 36.9. The van der Waals surface area contributed by atoms with Gasteiger partial charge in [-0.05, 0) is 27.7 Å². The molecule has 0 aromatic carbocycles. The van der Waals surface area contributed by atoms with Gasteiger partial charge in [0.1, 0.15) is 18.7 Å². The molecular weight excluding hydrogens is 252 g/mol. The SMILES string of the molecule is CC1CN(CC(=O)O)C(=O)CN1C(=O)OC(C)(C)C. The number of piperazine rings is 1. The molecule has 0 aromatic heterocycles. The summed E-state index contributed by atoms with van der Waals surface area (Å²) in [6.07, 6.45) is -0.552. The summed E-state index contributed by atoms with van der Waals surface area (Å²) in [5.41, 5.74) is -0.627. The molecule has 0 aliphatic carbocycles. The lowest BCUT2D eigenvalue weighted by Crippen LogP contribution is -2.58. The Kier molecular flexibility index (Phi) is 4.39. The lowest BCUT2D eigenvalue weighted by Gasteiger charge is -2.39. The van der Waals surface area contributed by atoms with Gasteiger partial charge in [0.25, 0.3) is 0 Å².